The van der Waals surface area contributed by atoms with E-state index in [1.165, 1.54) is 50.2 Å². The van der Waals surface area contributed by atoms with Crippen molar-refractivity contribution in [3.05, 3.63) is 207 Å². The van der Waals surface area contributed by atoms with Crippen LogP contribution in [0.3, 0.4) is 0 Å². The Bertz CT molecular complexity index is 2920. The SMILES string of the molecule is Cc1cc(Oc2cc(C3=NC(C)(C)[C@](C)(C(c4ccccc4)c4ccccc4)N3c3c(C)cccc3C)cc(C(C)C)c2)cc(N2c3ccc(C(C)(C)C)cc3C(C)(C)c3cccnc32)c1. The predicted octanol–water partition coefficient (Wildman–Crippen LogP) is 16.0. The lowest BCUT2D eigenvalue weighted by molar-refractivity contribution is 0.279. The lowest BCUT2D eigenvalue weighted by Gasteiger charge is -2.50. The molecule has 0 fully saturated rings. The number of aliphatic imine (C=N–C) groups is 1. The summed E-state index contributed by atoms with van der Waals surface area (Å²) in [6.07, 6.45) is 1.91. The molecule has 0 bridgehead atoms. The first-order valence-electron chi connectivity index (χ1n) is 23.7. The average Bonchev–Trinajstić information content (AvgIpc) is 3.48. The minimum Gasteiger partial charge on any atom is -0.457 e. The molecule has 0 spiro atoms. The number of benzene rings is 6. The Hall–Kier alpha value is -6.46. The van der Waals surface area contributed by atoms with Crippen LogP contribution in [0.15, 0.2) is 157 Å². The van der Waals surface area contributed by atoms with Crippen molar-refractivity contribution in [1.29, 1.82) is 0 Å². The zero-order chi connectivity index (χ0) is 46.9. The van der Waals surface area contributed by atoms with Gasteiger partial charge in [0.05, 0.1) is 22.5 Å². The van der Waals surface area contributed by atoms with Gasteiger partial charge in [0.2, 0.25) is 0 Å². The standard InChI is InChI=1S/C61H66N4O/c1-39(2)45-34-46(56-63-60(11,12)61(13,65(56)55-41(4)22-20-23-42(55)5)54(43-24-16-14-17-25-43)44-26-18-15-19-27-44)36-50(35-45)66-49-33-40(3)32-48(38-49)64-53-30-29-47(58(6,7)8)37-52(53)59(9,10)51-28-21-31-62-57(51)64/h14-39,54H,1-13H3/t61-/m0/s1. The molecule has 66 heavy (non-hydrogen) atoms. The summed E-state index contributed by atoms with van der Waals surface area (Å²) >= 11 is 0. The third-order valence-electron chi connectivity index (χ3n) is 14.6. The highest BCUT2D eigenvalue weighted by Gasteiger charge is 2.58. The fraction of sp³-hybridized carbons (Fsp3) is 0.311. The van der Waals surface area contributed by atoms with Crippen LogP contribution in [0.5, 0.6) is 11.5 Å². The fourth-order valence-corrected chi connectivity index (χ4v) is 10.7. The highest BCUT2D eigenvalue weighted by molar-refractivity contribution is 6.14. The van der Waals surface area contributed by atoms with Gasteiger partial charge in [0, 0.05) is 40.4 Å². The lowest BCUT2D eigenvalue weighted by atomic mass is 9.66. The van der Waals surface area contributed by atoms with Crippen molar-refractivity contribution in [3.8, 4) is 11.5 Å². The Morgan fingerprint density at radius 2 is 1.24 bits per heavy atom. The Morgan fingerprint density at radius 3 is 1.86 bits per heavy atom. The molecule has 0 saturated carbocycles. The molecular formula is C61H66N4O. The molecule has 336 valence electrons. The van der Waals surface area contributed by atoms with Crippen molar-refractivity contribution in [2.24, 2.45) is 4.99 Å². The van der Waals surface area contributed by atoms with Crippen LogP contribution in [0.1, 0.15) is 137 Å². The molecule has 9 rings (SSSR count). The normalized spacial score (nSPS) is 17.5. The number of aromatic nitrogens is 1. The first-order chi connectivity index (χ1) is 31.3. The van der Waals surface area contributed by atoms with Crippen molar-refractivity contribution < 1.29 is 4.74 Å². The second kappa shape index (κ2) is 16.5. The molecule has 6 aromatic carbocycles. The Labute approximate surface area is 394 Å². The van der Waals surface area contributed by atoms with Gasteiger partial charge >= 0.3 is 0 Å². The van der Waals surface area contributed by atoms with Gasteiger partial charge in [-0.15, -0.1) is 0 Å². The molecule has 0 N–H and O–H groups in total. The third-order valence-corrected chi connectivity index (χ3v) is 14.6. The van der Waals surface area contributed by atoms with Gasteiger partial charge < -0.3 is 9.64 Å². The molecule has 5 heteroatoms. The van der Waals surface area contributed by atoms with Crippen LogP contribution < -0.4 is 14.5 Å². The maximum absolute atomic E-state index is 7.12. The van der Waals surface area contributed by atoms with Crippen LogP contribution in [0.4, 0.5) is 22.9 Å². The highest BCUT2D eigenvalue weighted by atomic mass is 16.5. The van der Waals surface area contributed by atoms with Crippen LogP contribution in [0.25, 0.3) is 0 Å². The summed E-state index contributed by atoms with van der Waals surface area (Å²) in [7, 11) is 0. The molecule has 0 aliphatic carbocycles. The van der Waals surface area contributed by atoms with E-state index in [1.54, 1.807) is 0 Å². The second-order valence-electron chi connectivity index (χ2n) is 21.3. The van der Waals surface area contributed by atoms with E-state index in [2.05, 4.69) is 245 Å². The van der Waals surface area contributed by atoms with Crippen molar-refractivity contribution in [2.75, 3.05) is 9.80 Å². The molecule has 2 aliphatic heterocycles. The summed E-state index contributed by atoms with van der Waals surface area (Å²) < 4.78 is 7.12. The van der Waals surface area contributed by atoms with E-state index < -0.39 is 11.1 Å². The summed E-state index contributed by atoms with van der Waals surface area (Å²) in [6.45, 7) is 29.7. The lowest BCUT2D eigenvalue weighted by Crippen LogP contribution is -2.60. The van der Waals surface area contributed by atoms with Gasteiger partial charge in [0.15, 0.2) is 0 Å². The largest absolute Gasteiger partial charge is 0.457 e. The van der Waals surface area contributed by atoms with Crippen LogP contribution in [-0.4, -0.2) is 21.9 Å². The number of aryl methyl sites for hydroxylation is 3. The van der Waals surface area contributed by atoms with Gasteiger partial charge in [-0.1, -0.05) is 146 Å². The van der Waals surface area contributed by atoms with Crippen LogP contribution >= 0.6 is 0 Å². The number of ether oxygens (including phenoxy) is 1. The molecule has 3 heterocycles. The second-order valence-corrected chi connectivity index (χ2v) is 21.3. The van der Waals surface area contributed by atoms with Crippen molar-refractivity contribution >= 4 is 28.7 Å². The first-order valence-corrected chi connectivity index (χ1v) is 23.7. The summed E-state index contributed by atoms with van der Waals surface area (Å²) in [5.41, 5.74) is 14.1. The van der Waals surface area contributed by atoms with Gasteiger partial charge in [-0.25, -0.2) is 4.98 Å². The number of amidine groups is 1. The van der Waals surface area contributed by atoms with E-state index in [0.717, 1.165) is 45.7 Å². The molecular weight excluding hydrogens is 805 g/mol. The molecule has 2 aliphatic rings. The number of hydrogen-bond donors (Lipinski definition) is 0. The molecule has 0 saturated heterocycles. The van der Waals surface area contributed by atoms with Crippen LogP contribution in [0, 0.1) is 20.8 Å². The van der Waals surface area contributed by atoms with Crippen molar-refractivity contribution in [2.45, 2.75) is 124 Å². The monoisotopic (exact) mass is 871 g/mol. The Morgan fingerprint density at radius 1 is 0.606 bits per heavy atom. The van der Waals surface area contributed by atoms with Gasteiger partial charge in [-0.2, -0.15) is 0 Å². The van der Waals surface area contributed by atoms with E-state index in [4.69, 9.17) is 14.7 Å². The average molecular weight is 871 g/mol. The maximum Gasteiger partial charge on any atom is 0.141 e. The quantitative estimate of drug-likeness (QED) is 0.145. The molecule has 1 atom stereocenters. The highest BCUT2D eigenvalue weighted by Crippen LogP contribution is 2.55. The van der Waals surface area contributed by atoms with E-state index in [-0.39, 0.29) is 22.7 Å². The van der Waals surface area contributed by atoms with Crippen molar-refractivity contribution in [1.82, 2.24) is 4.98 Å². The number of anilines is 4. The number of hydrogen-bond acceptors (Lipinski definition) is 5. The van der Waals surface area contributed by atoms with E-state index in [1.807, 2.05) is 6.20 Å². The third kappa shape index (κ3) is 7.60. The summed E-state index contributed by atoms with van der Waals surface area (Å²) in [5, 5.41) is 0. The maximum atomic E-state index is 7.12. The number of pyridine rings is 1. The zero-order valence-electron chi connectivity index (χ0n) is 41.3. The van der Waals surface area contributed by atoms with Crippen molar-refractivity contribution in [3.63, 3.8) is 0 Å². The summed E-state index contributed by atoms with van der Waals surface area (Å²) in [5.74, 6) is 3.66. The molecule has 7 aromatic rings. The fourth-order valence-electron chi connectivity index (χ4n) is 10.7. The molecule has 1 aromatic heterocycles. The first kappa shape index (κ1) is 44.7. The summed E-state index contributed by atoms with van der Waals surface area (Å²) in [4.78, 5) is 15.8. The van der Waals surface area contributed by atoms with Gasteiger partial charge in [-0.3, -0.25) is 9.89 Å². The van der Waals surface area contributed by atoms with Gasteiger partial charge in [0.1, 0.15) is 23.2 Å². The van der Waals surface area contributed by atoms with E-state index in [0.29, 0.717) is 0 Å². The minimum absolute atomic E-state index is 0.0125. The molecule has 5 nitrogen and oxygen atoms in total. The predicted molar refractivity (Wildman–Crippen MR) is 277 cm³/mol. The molecule has 0 unspecified atom stereocenters. The number of para-hydroxylation sites is 1. The Balaban J connectivity index is 1.19. The van der Waals surface area contributed by atoms with Crippen LogP contribution in [0.2, 0.25) is 0 Å². The zero-order valence-corrected chi connectivity index (χ0v) is 41.3. The molecule has 0 radical (unpaired) electrons. The smallest absolute Gasteiger partial charge is 0.141 e. The molecule has 0 amide bonds. The van der Waals surface area contributed by atoms with Gasteiger partial charge in [-0.05, 0) is 140 Å². The van der Waals surface area contributed by atoms with Gasteiger partial charge in [0.25, 0.3) is 0 Å². The number of fused-ring (bicyclic) bond motifs is 2. The summed E-state index contributed by atoms with van der Waals surface area (Å²) in [6, 6.07) is 53.2. The Kier molecular flexibility index (Phi) is 11.1. The number of rotatable bonds is 9. The van der Waals surface area contributed by atoms with Crippen LogP contribution in [-0.2, 0) is 10.8 Å². The topological polar surface area (TPSA) is 41.0 Å². The minimum atomic E-state index is -0.542. The van der Waals surface area contributed by atoms with E-state index >= 15 is 0 Å². The van der Waals surface area contributed by atoms with E-state index in [9.17, 15) is 0 Å². The number of nitrogens with zero attached hydrogens (tertiary/aromatic N) is 4.